The molecule has 0 saturated carbocycles. The quantitative estimate of drug-likeness (QED) is 0.648. The third-order valence-corrected chi connectivity index (χ3v) is 2.05. The Morgan fingerprint density at radius 1 is 1.44 bits per heavy atom. The van der Waals surface area contributed by atoms with Gasteiger partial charge < -0.3 is 5.32 Å². The topological polar surface area (TPSA) is 52.9 Å². The van der Waals surface area contributed by atoms with Crippen molar-refractivity contribution in [2.75, 3.05) is 20.1 Å². The fourth-order valence-electron chi connectivity index (χ4n) is 1.26. The van der Waals surface area contributed by atoms with Crippen LogP contribution in [0.1, 0.15) is 5.56 Å². The SMILES string of the molecule is Br.CN(N=Cc1ccncc1)C1=NCCN1. The van der Waals surface area contributed by atoms with Gasteiger partial charge >= 0.3 is 0 Å². The van der Waals surface area contributed by atoms with Crippen LogP contribution in [0.25, 0.3) is 0 Å². The number of rotatable bonds is 2. The van der Waals surface area contributed by atoms with Gasteiger partial charge in [-0.15, -0.1) is 17.0 Å². The second-order valence-electron chi connectivity index (χ2n) is 3.18. The van der Waals surface area contributed by atoms with Gasteiger partial charge in [0.15, 0.2) is 0 Å². The van der Waals surface area contributed by atoms with Gasteiger partial charge in [-0.05, 0) is 17.7 Å². The minimum Gasteiger partial charge on any atom is -0.353 e. The summed E-state index contributed by atoms with van der Waals surface area (Å²) in [6.45, 7) is 1.72. The summed E-state index contributed by atoms with van der Waals surface area (Å²) in [4.78, 5) is 8.19. The van der Waals surface area contributed by atoms with Gasteiger partial charge in [-0.25, -0.2) is 10.0 Å². The summed E-state index contributed by atoms with van der Waals surface area (Å²) >= 11 is 0. The highest BCUT2D eigenvalue weighted by atomic mass is 79.9. The van der Waals surface area contributed by atoms with E-state index in [1.165, 1.54) is 0 Å². The average Bonchev–Trinajstić information content (AvgIpc) is 2.81. The van der Waals surface area contributed by atoms with Crippen LogP contribution >= 0.6 is 17.0 Å². The van der Waals surface area contributed by atoms with Crippen molar-refractivity contribution >= 4 is 29.2 Å². The molecule has 0 amide bonds. The molecular formula is C10H14BrN5. The van der Waals surface area contributed by atoms with Crippen LogP contribution in [0.2, 0.25) is 0 Å². The number of halogens is 1. The van der Waals surface area contributed by atoms with Gasteiger partial charge in [-0.1, -0.05) is 0 Å². The van der Waals surface area contributed by atoms with E-state index in [0.29, 0.717) is 0 Å². The van der Waals surface area contributed by atoms with Gasteiger partial charge in [0.05, 0.1) is 12.8 Å². The highest BCUT2D eigenvalue weighted by Crippen LogP contribution is 1.95. The van der Waals surface area contributed by atoms with Crippen molar-refractivity contribution in [1.82, 2.24) is 15.3 Å². The van der Waals surface area contributed by atoms with E-state index >= 15 is 0 Å². The van der Waals surface area contributed by atoms with E-state index in [9.17, 15) is 0 Å². The number of guanidine groups is 1. The van der Waals surface area contributed by atoms with Gasteiger partial charge in [-0.2, -0.15) is 5.10 Å². The first-order valence-electron chi connectivity index (χ1n) is 4.82. The van der Waals surface area contributed by atoms with Gasteiger partial charge in [0.1, 0.15) is 0 Å². The molecule has 16 heavy (non-hydrogen) atoms. The van der Waals surface area contributed by atoms with E-state index in [1.807, 2.05) is 19.2 Å². The zero-order valence-corrected chi connectivity index (χ0v) is 10.7. The van der Waals surface area contributed by atoms with Crippen molar-refractivity contribution in [3.8, 4) is 0 Å². The number of aliphatic imine (C=N–C) groups is 1. The molecule has 1 aromatic rings. The second-order valence-corrected chi connectivity index (χ2v) is 3.18. The molecule has 0 spiro atoms. The lowest BCUT2D eigenvalue weighted by Crippen LogP contribution is -2.32. The van der Waals surface area contributed by atoms with Crippen LogP contribution in [0.3, 0.4) is 0 Å². The van der Waals surface area contributed by atoms with Crippen LogP contribution in [-0.2, 0) is 0 Å². The molecule has 1 N–H and O–H groups in total. The Morgan fingerprint density at radius 2 is 2.19 bits per heavy atom. The lowest BCUT2D eigenvalue weighted by Gasteiger charge is -2.11. The zero-order valence-electron chi connectivity index (χ0n) is 9.00. The fraction of sp³-hybridized carbons (Fsp3) is 0.300. The Hall–Kier alpha value is -1.43. The smallest absolute Gasteiger partial charge is 0.214 e. The summed E-state index contributed by atoms with van der Waals surface area (Å²) in [5.41, 5.74) is 1.02. The van der Waals surface area contributed by atoms with Crippen LogP contribution in [0.5, 0.6) is 0 Å². The third kappa shape index (κ3) is 3.30. The van der Waals surface area contributed by atoms with Crippen molar-refractivity contribution in [2.24, 2.45) is 10.1 Å². The zero-order chi connectivity index (χ0) is 10.5. The van der Waals surface area contributed by atoms with E-state index in [4.69, 9.17) is 0 Å². The maximum absolute atomic E-state index is 4.26. The summed E-state index contributed by atoms with van der Waals surface area (Å²) in [7, 11) is 1.87. The van der Waals surface area contributed by atoms with Crippen LogP contribution in [0.4, 0.5) is 0 Å². The standard InChI is InChI=1S/C10H13N5.BrH/c1-15(10-12-6-7-13-10)14-8-9-2-4-11-5-3-9;/h2-5,8H,6-7H2,1H3,(H,12,13);1H. The number of hydrazone groups is 1. The molecule has 0 aromatic carbocycles. The minimum absolute atomic E-state index is 0. The molecule has 0 radical (unpaired) electrons. The molecule has 0 bridgehead atoms. The van der Waals surface area contributed by atoms with Crippen molar-refractivity contribution in [3.05, 3.63) is 30.1 Å². The van der Waals surface area contributed by atoms with Crippen molar-refractivity contribution < 1.29 is 0 Å². The first-order valence-corrected chi connectivity index (χ1v) is 4.82. The number of nitrogens with zero attached hydrogens (tertiary/aromatic N) is 4. The number of hydrogen-bond donors (Lipinski definition) is 1. The second kappa shape index (κ2) is 6.22. The molecule has 0 fully saturated rings. The first kappa shape index (κ1) is 12.6. The number of nitrogens with one attached hydrogen (secondary N) is 1. The van der Waals surface area contributed by atoms with E-state index in [1.54, 1.807) is 23.6 Å². The Morgan fingerprint density at radius 3 is 2.81 bits per heavy atom. The largest absolute Gasteiger partial charge is 0.353 e. The first-order chi connectivity index (χ1) is 7.36. The molecule has 0 atom stereocenters. The van der Waals surface area contributed by atoms with Gasteiger partial charge in [-0.3, -0.25) is 4.98 Å². The number of pyridine rings is 1. The summed E-state index contributed by atoms with van der Waals surface area (Å²) < 4.78 is 0. The molecule has 1 aliphatic heterocycles. The van der Waals surface area contributed by atoms with E-state index in [0.717, 1.165) is 24.6 Å². The summed E-state index contributed by atoms with van der Waals surface area (Å²) in [5.74, 6) is 0.820. The molecule has 0 aliphatic carbocycles. The maximum atomic E-state index is 4.26. The van der Waals surface area contributed by atoms with Crippen LogP contribution in [-0.4, -0.2) is 42.3 Å². The minimum atomic E-state index is 0. The van der Waals surface area contributed by atoms with E-state index in [2.05, 4.69) is 20.4 Å². The predicted octanol–water partition coefficient (Wildman–Crippen LogP) is 0.884. The number of hydrogen-bond acceptors (Lipinski definition) is 5. The summed E-state index contributed by atoms with van der Waals surface area (Å²) in [6.07, 6.45) is 5.27. The lowest BCUT2D eigenvalue weighted by atomic mass is 10.3. The van der Waals surface area contributed by atoms with E-state index < -0.39 is 0 Å². The molecule has 1 aliphatic rings. The maximum Gasteiger partial charge on any atom is 0.214 e. The van der Waals surface area contributed by atoms with Crippen molar-refractivity contribution in [2.45, 2.75) is 0 Å². The Balaban J connectivity index is 0.00000128. The van der Waals surface area contributed by atoms with Crippen LogP contribution in [0, 0.1) is 0 Å². The summed E-state index contributed by atoms with van der Waals surface area (Å²) in [5, 5.41) is 9.14. The molecule has 2 heterocycles. The van der Waals surface area contributed by atoms with Gasteiger partial charge in [0.25, 0.3) is 0 Å². The van der Waals surface area contributed by atoms with Gasteiger partial charge in [0, 0.05) is 26.0 Å². The molecule has 1 aromatic heterocycles. The Bertz CT molecular complexity index is 376. The molecule has 2 rings (SSSR count). The van der Waals surface area contributed by atoms with E-state index in [-0.39, 0.29) is 17.0 Å². The van der Waals surface area contributed by atoms with Gasteiger partial charge in [0.2, 0.25) is 5.96 Å². The fourth-order valence-corrected chi connectivity index (χ4v) is 1.26. The van der Waals surface area contributed by atoms with Crippen molar-refractivity contribution in [1.29, 1.82) is 0 Å². The predicted molar refractivity (Wildman–Crippen MR) is 70.2 cm³/mol. The Labute approximate surface area is 105 Å². The normalized spacial score (nSPS) is 14.2. The number of aromatic nitrogens is 1. The molecule has 5 nitrogen and oxygen atoms in total. The lowest BCUT2D eigenvalue weighted by molar-refractivity contribution is 0.530. The average molecular weight is 284 g/mol. The highest BCUT2D eigenvalue weighted by Gasteiger charge is 2.07. The summed E-state index contributed by atoms with van der Waals surface area (Å²) in [6, 6.07) is 3.81. The molecule has 0 unspecified atom stereocenters. The van der Waals surface area contributed by atoms with Crippen LogP contribution in [0.15, 0.2) is 34.6 Å². The molecular weight excluding hydrogens is 270 g/mol. The Kier molecular flexibility index (Phi) is 4.91. The highest BCUT2D eigenvalue weighted by molar-refractivity contribution is 8.93. The molecule has 6 heteroatoms. The monoisotopic (exact) mass is 283 g/mol. The van der Waals surface area contributed by atoms with Crippen molar-refractivity contribution in [3.63, 3.8) is 0 Å². The molecule has 86 valence electrons. The third-order valence-electron chi connectivity index (χ3n) is 2.05. The molecule has 0 saturated heterocycles. The van der Waals surface area contributed by atoms with Crippen LogP contribution < -0.4 is 5.32 Å².